The molecule has 2 fully saturated rings. The van der Waals surface area contributed by atoms with Crippen LogP contribution >= 0.6 is 0 Å². The molecule has 1 aliphatic heterocycles. The Balaban J connectivity index is 2.00. The molecular formula is C15H30N2. The fourth-order valence-electron chi connectivity index (χ4n) is 3.57. The number of rotatable bonds is 3. The summed E-state index contributed by atoms with van der Waals surface area (Å²) in [6, 6.07) is 0.745. The van der Waals surface area contributed by atoms with E-state index in [1.165, 1.54) is 58.2 Å². The van der Waals surface area contributed by atoms with Crippen LogP contribution in [-0.2, 0) is 0 Å². The zero-order valence-electron chi connectivity index (χ0n) is 12.0. The van der Waals surface area contributed by atoms with E-state index in [-0.39, 0.29) is 0 Å². The molecule has 2 atom stereocenters. The number of hydrogen-bond donors (Lipinski definition) is 1. The van der Waals surface area contributed by atoms with Crippen LogP contribution in [0.4, 0.5) is 0 Å². The molecule has 0 spiro atoms. The molecule has 100 valence electrons. The molecule has 1 N–H and O–H groups in total. The van der Waals surface area contributed by atoms with Gasteiger partial charge < -0.3 is 5.32 Å². The lowest BCUT2D eigenvalue weighted by Gasteiger charge is -2.52. The Morgan fingerprint density at radius 2 is 2.06 bits per heavy atom. The van der Waals surface area contributed by atoms with Gasteiger partial charge in [-0.3, -0.25) is 4.90 Å². The topological polar surface area (TPSA) is 15.3 Å². The Kier molecular flexibility index (Phi) is 4.48. The van der Waals surface area contributed by atoms with E-state index in [1.54, 1.807) is 0 Å². The lowest BCUT2D eigenvalue weighted by Crippen LogP contribution is -2.57. The van der Waals surface area contributed by atoms with Gasteiger partial charge in [0, 0.05) is 24.7 Å². The standard InChI is InChI=1S/C15H30N2/c1-4-14-7-10-17(12-13(3)11-16-14)15(5-2)8-6-9-15/h13-14,16H,4-12H2,1-3H3. The second-order valence-electron chi connectivity index (χ2n) is 6.28. The summed E-state index contributed by atoms with van der Waals surface area (Å²) in [7, 11) is 0. The van der Waals surface area contributed by atoms with Crippen molar-refractivity contribution in [2.24, 2.45) is 5.92 Å². The monoisotopic (exact) mass is 238 g/mol. The van der Waals surface area contributed by atoms with E-state index in [0.29, 0.717) is 5.54 Å². The van der Waals surface area contributed by atoms with Gasteiger partial charge in [0.2, 0.25) is 0 Å². The SMILES string of the molecule is CCC1CCN(C2(CC)CCC2)CC(C)CN1. The molecule has 2 rings (SSSR count). The Morgan fingerprint density at radius 3 is 2.59 bits per heavy atom. The molecule has 0 radical (unpaired) electrons. The van der Waals surface area contributed by atoms with Crippen molar-refractivity contribution in [3.05, 3.63) is 0 Å². The van der Waals surface area contributed by atoms with Gasteiger partial charge in [0.05, 0.1) is 0 Å². The van der Waals surface area contributed by atoms with E-state index in [1.807, 2.05) is 0 Å². The van der Waals surface area contributed by atoms with Crippen molar-refractivity contribution in [2.75, 3.05) is 19.6 Å². The van der Waals surface area contributed by atoms with Crippen LogP contribution in [0.25, 0.3) is 0 Å². The summed E-state index contributed by atoms with van der Waals surface area (Å²) in [6.45, 7) is 10.9. The van der Waals surface area contributed by atoms with Crippen LogP contribution in [0.5, 0.6) is 0 Å². The van der Waals surface area contributed by atoms with Gasteiger partial charge in [0.15, 0.2) is 0 Å². The highest BCUT2D eigenvalue weighted by Gasteiger charge is 2.41. The maximum absolute atomic E-state index is 3.72. The Bertz CT molecular complexity index is 230. The van der Waals surface area contributed by atoms with Crippen LogP contribution in [0.1, 0.15) is 59.3 Å². The van der Waals surface area contributed by atoms with Gasteiger partial charge in [-0.15, -0.1) is 0 Å². The summed E-state index contributed by atoms with van der Waals surface area (Å²) in [6.07, 6.45) is 8.31. The van der Waals surface area contributed by atoms with E-state index in [4.69, 9.17) is 0 Å². The lowest BCUT2D eigenvalue weighted by molar-refractivity contribution is -0.00529. The predicted octanol–water partition coefficient (Wildman–Crippen LogP) is 3.03. The Labute approximate surface area is 107 Å². The predicted molar refractivity (Wildman–Crippen MR) is 74.3 cm³/mol. The van der Waals surface area contributed by atoms with E-state index in [0.717, 1.165) is 12.0 Å². The zero-order valence-corrected chi connectivity index (χ0v) is 12.0. The molecule has 1 heterocycles. The Hall–Kier alpha value is -0.0800. The molecule has 0 bridgehead atoms. The van der Waals surface area contributed by atoms with Crippen molar-refractivity contribution >= 4 is 0 Å². The maximum Gasteiger partial charge on any atom is 0.0207 e. The van der Waals surface area contributed by atoms with Crippen LogP contribution in [0.3, 0.4) is 0 Å². The van der Waals surface area contributed by atoms with Crippen molar-refractivity contribution in [1.29, 1.82) is 0 Å². The first-order chi connectivity index (χ1) is 8.20. The van der Waals surface area contributed by atoms with Gasteiger partial charge in [-0.1, -0.05) is 20.8 Å². The molecule has 2 unspecified atom stereocenters. The lowest BCUT2D eigenvalue weighted by atomic mass is 9.72. The van der Waals surface area contributed by atoms with Crippen molar-refractivity contribution < 1.29 is 0 Å². The molecule has 0 amide bonds. The maximum atomic E-state index is 3.72. The van der Waals surface area contributed by atoms with Gasteiger partial charge >= 0.3 is 0 Å². The average Bonchev–Trinajstić information content (AvgIpc) is 2.25. The molecular weight excluding hydrogens is 208 g/mol. The minimum absolute atomic E-state index is 0.587. The molecule has 1 saturated heterocycles. The average molecular weight is 238 g/mol. The second kappa shape index (κ2) is 5.71. The molecule has 1 saturated carbocycles. The van der Waals surface area contributed by atoms with Crippen LogP contribution in [0.15, 0.2) is 0 Å². The number of nitrogens with zero attached hydrogens (tertiary/aromatic N) is 1. The van der Waals surface area contributed by atoms with Crippen molar-refractivity contribution in [3.63, 3.8) is 0 Å². The molecule has 2 aliphatic rings. The number of hydrogen-bond acceptors (Lipinski definition) is 2. The van der Waals surface area contributed by atoms with E-state index in [2.05, 4.69) is 31.0 Å². The summed E-state index contributed by atoms with van der Waals surface area (Å²) in [5, 5.41) is 3.72. The van der Waals surface area contributed by atoms with Crippen LogP contribution in [0.2, 0.25) is 0 Å². The van der Waals surface area contributed by atoms with Crippen molar-refractivity contribution in [3.8, 4) is 0 Å². The summed E-state index contributed by atoms with van der Waals surface area (Å²) >= 11 is 0. The van der Waals surface area contributed by atoms with Crippen LogP contribution in [0, 0.1) is 5.92 Å². The highest BCUT2D eigenvalue weighted by Crippen LogP contribution is 2.41. The van der Waals surface area contributed by atoms with Crippen molar-refractivity contribution in [1.82, 2.24) is 10.2 Å². The smallest absolute Gasteiger partial charge is 0.0207 e. The van der Waals surface area contributed by atoms with Gasteiger partial charge in [0.25, 0.3) is 0 Å². The first-order valence-electron chi connectivity index (χ1n) is 7.68. The van der Waals surface area contributed by atoms with E-state index < -0.39 is 0 Å². The largest absolute Gasteiger partial charge is 0.314 e. The van der Waals surface area contributed by atoms with Gasteiger partial charge in [-0.2, -0.15) is 0 Å². The number of nitrogens with one attached hydrogen (secondary N) is 1. The summed E-state index contributed by atoms with van der Waals surface area (Å²) < 4.78 is 0. The van der Waals surface area contributed by atoms with Gasteiger partial charge in [0.1, 0.15) is 0 Å². The third kappa shape index (κ3) is 2.85. The third-order valence-corrected chi connectivity index (χ3v) is 5.14. The fourth-order valence-corrected chi connectivity index (χ4v) is 3.57. The molecule has 2 nitrogen and oxygen atoms in total. The summed E-state index contributed by atoms with van der Waals surface area (Å²) in [5.74, 6) is 0.799. The Morgan fingerprint density at radius 1 is 1.29 bits per heavy atom. The molecule has 0 aromatic rings. The molecule has 1 aliphatic carbocycles. The fraction of sp³-hybridized carbons (Fsp3) is 1.00. The van der Waals surface area contributed by atoms with Gasteiger partial charge in [-0.05, 0) is 51.0 Å². The minimum atomic E-state index is 0.587. The van der Waals surface area contributed by atoms with E-state index in [9.17, 15) is 0 Å². The second-order valence-corrected chi connectivity index (χ2v) is 6.28. The first-order valence-corrected chi connectivity index (χ1v) is 7.68. The molecule has 0 aromatic carbocycles. The minimum Gasteiger partial charge on any atom is -0.314 e. The summed E-state index contributed by atoms with van der Waals surface area (Å²) in [5.41, 5.74) is 0.587. The van der Waals surface area contributed by atoms with Crippen molar-refractivity contribution in [2.45, 2.75) is 70.9 Å². The normalized spacial score (nSPS) is 34.8. The van der Waals surface area contributed by atoms with Crippen LogP contribution < -0.4 is 5.32 Å². The summed E-state index contributed by atoms with van der Waals surface area (Å²) in [4.78, 5) is 2.84. The highest BCUT2D eigenvalue weighted by atomic mass is 15.2. The molecule has 2 heteroatoms. The van der Waals surface area contributed by atoms with Gasteiger partial charge in [-0.25, -0.2) is 0 Å². The first kappa shape index (κ1) is 13.4. The third-order valence-electron chi connectivity index (χ3n) is 5.14. The highest BCUT2D eigenvalue weighted by molar-refractivity contribution is 4.98. The quantitative estimate of drug-likeness (QED) is 0.813. The molecule has 17 heavy (non-hydrogen) atoms. The zero-order chi connectivity index (χ0) is 12.3. The van der Waals surface area contributed by atoms with E-state index >= 15 is 0 Å². The molecule has 0 aromatic heterocycles. The van der Waals surface area contributed by atoms with Crippen LogP contribution in [-0.4, -0.2) is 36.1 Å².